The fourth-order valence-electron chi connectivity index (χ4n) is 0.197. The number of hydrogen-bond acceptors (Lipinski definition) is 3. The molecule has 52 valence electrons. The molecule has 0 aromatic carbocycles. The third-order valence-electron chi connectivity index (χ3n) is 0.525. The first-order chi connectivity index (χ1) is 4.16. The molecule has 0 spiro atoms. The van der Waals surface area contributed by atoms with E-state index in [9.17, 15) is 9.70 Å². The second-order valence-corrected chi connectivity index (χ2v) is 1.17. The van der Waals surface area contributed by atoms with Crippen LogP contribution < -0.4 is 5.43 Å². The van der Waals surface area contributed by atoms with Crippen LogP contribution in [0, 0.1) is 4.91 Å². The van der Waals surface area contributed by atoms with Crippen molar-refractivity contribution in [3.05, 3.63) is 4.91 Å². The van der Waals surface area contributed by atoms with Crippen LogP contribution in [-0.2, 0) is 9.63 Å². The number of nitrogens with zero attached hydrogens (tertiary/aromatic N) is 1. The van der Waals surface area contributed by atoms with Crippen LogP contribution in [0.3, 0.4) is 0 Å². The number of carboxylic acid groups (broad SMARTS) is 1. The SMILES string of the molecule is CO[N+](=O)NCC(=O)O. The highest BCUT2D eigenvalue weighted by Gasteiger charge is 2.06. The van der Waals surface area contributed by atoms with Crippen LogP contribution in [0.15, 0.2) is 0 Å². The maximum atomic E-state index is 10.0. The first-order valence-electron chi connectivity index (χ1n) is 2.13. The van der Waals surface area contributed by atoms with Gasteiger partial charge in [-0.05, 0) is 0 Å². The summed E-state index contributed by atoms with van der Waals surface area (Å²) in [4.78, 5) is 23.8. The van der Waals surface area contributed by atoms with Crippen molar-refractivity contribution in [2.75, 3.05) is 13.7 Å². The monoisotopic (exact) mass is 135 g/mol. The Bertz CT molecular complexity index is 123. The molecular formula is C3H7N2O4+. The van der Waals surface area contributed by atoms with E-state index in [1.165, 1.54) is 0 Å². The molecular weight excluding hydrogens is 128 g/mol. The molecule has 0 rings (SSSR count). The van der Waals surface area contributed by atoms with Gasteiger partial charge in [0.1, 0.15) is 4.91 Å². The molecule has 9 heavy (non-hydrogen) atoms. The summed E-state index contributed by atoms with van der Waals surface area (Å²) in [6.45, 7) is -0.447. The number of rotatable bonds is 4. The highest BCUT2D eigenvalue weighted by molar-refractivity contribution is 5.68. The van der Waals surface area contributed by atoms with Crippen molar-refractivity contribution in [2.24, 2.45) is 0 Å². The molecule has 0 aromatic heterocycles. The summed E-state index contributed by atoms with van der Waals surface area (Å²) in [5.74, 6) is -1.12. The summed E-state index contributed by atoms with van der Waals surface area (Å²) in [5.41, 5.74) is 1.89. The van der Waals surface area contributed by atoms with Crippen LogP contribution in [0.2, 0.25) is 0 Å². The van der Waals surface area contributed by atoms with Gasteiger partial charge < -0.3 is 5.11 Å². The van der Waals surface area contributed by atoms with Crippen molar-refractivity contribution in [3.8, 4) is 0 Å². The van der Waals surface area contributed by atoms with Gasteiger partial charge in [-0.1, -0.05) is 5.43 Å². The van der Waals surface area contributed by atoms with Gasteiger partial charge in [0.2, 0.25) is 0 Å². The fourth-order valence-corrected chi connectivity index (χ4v) is 0.197. The third-order valence-corrected chi connectivity index (χ3v) is 0.525. The smallest absolute Gasteiger partial charge is 0.357 e. The summed E-state index contributed by atoms with van der Waals surface area (Å²) >= 11 is 0. The summed E-state index contributed by atoms with van der Waals surface area (Å²) in [6, 6.07) is 0. The maximum absolute atomic E-state index is 10.0. The molecule has 0 amide bonds. The van der Waals surface area contributed by atoms with Crippen molar-refractivity contribution in [2.45, 2.75) is 0 Å². The first kappa shape index (κ1) is 7.67. The molecule has 0 atom stereocenters. The molecule has 0 aliphatic carbocycles. The molecule has 0 bridgehead atoms. The lowest BCUT2D eigenvalue weighted by atomic mass is 10.7. The molecule has 0 heterocycles. The van der Waals surface area contributed by atoms with Gasteiger partial charge in [-0.25, -0.2) is 4.84 Å². The molecule has 0 radical (unpaired) electrons. The van der Waals surface area contributed by atoms with Gasteiger partial charge in [-0.15, -0.1) is 0 Å². The van der Waals surface area contributed by atoms with E-state index in [2.05, 4.69) is 4.84 Å². The summed E-state index contributed by atoms with van der Waals surface area (Å²) < 4.78 is 0. The Kier molecular flexibility index (Phi) is 3.11. The molecule has 0 aromatic rings. The van der Waals surface area contributed by atoms with Gasteiger partial charge in [0.05, 0.1) is 0 Å². The molecule has 0 aliphatic heterocycles. The standard InChI is InChI=1S/C3H6N2O4/c1-9-5(8)4-2-3(6)7/h2H2,1H3,(H-,4,6,7,8)/p+1. The topological polar surface area (TPSA) is 78.6 Å². The van der Waals surface area contributed by atoms with Gasteiger partial charge >= 0.3 is 11.0 Å². The minimum Gasteiger partial charge on any atom is -0.480 e. The zero-order valence-electron chi connectivity index (χ0n) is 4.83. The van der Waals surface area contributed by atoms with E-state index in [4.69, 9.17) is 5.11 Å². The summed E-state index contributed by atoms with van der Waals surface area (Å²) in [7, 11) is 1.13. The van der Waals surface area contributed by atoms with E-state index in [0.29, 0.717) is 0 Å². The van der Waals surface area contributed by atoms with Gasteiger partial charge in [0.15, 0.2) is 13.7 Å². The van der Waals surface area contributed by atoms with E-state index in [1.807, 2.05) is 5.43 Å². The molecule has 0 unspecified atom stereocenters. The van der Waals surface area contributed by atoms with Gasteiger partial charge in [-0.3, -0.25) is 4.79 Å². The van der Waals surface area contributed by atoms with Crippen molar-refractivity contribution >= 4 is 5.97 Å². The van der Waals surface area contributed by atoms with E-state index in [-0.39, 0.29) is 5.03 Å². The molecule has 0 fully saturated rings. The van der Waals surface area contributed by atoms with E-state index >= 15 is 0 Å². The van der Waals surface area contributed by atoms with E-state index < -0.39 is 12.5 Å². The molecule has 6 heteroatoms. The van der Waals surface area contributed by atoms with Crippen LogP contribution in [-0.4, -0.2) is 29.8 Å². The molecule has 2 N–H and O–H groups in total. The second-order valence-electron chi connectivity index (χ2n) is 1.17. The summed E-state index contributed by atoms with van der Waals surface area (Å²) in [5, 5.41) is 7.94. The van der Waals surface area contributed by atoms with Gasteiger partial charge in [-0.2, -0.15) is 0 Å². The number of carbonyl (C=O) groups is 1. The molecule has 0 saturated carbocycles. The largest absolute Gasteiger partial charge is 0.480 e. The Morgan fingerprint density at radius 1 is 1.89 bits per heavy atom. The summed E-state index contributed by atoms with van der Waals surface area (Å²) in [6.07, 6.45) is 0. The maximum Gasteiger partial charge on any atom is 0.357 e. The molecule has 0 aliphatic rings. The second kappa shape index (κ2) is 3.65. The number of hydrazine groups is 1. The van der Waals surface area contributed by atoms with Crippen molar-refractivity contribution in [1.82, 2.24) is 5.43 Å². The number of carboxylic acids is 1. The lowest BCUT2D eigenvalue weighted by molar-refractivity contribution is -0.835. The zero-order chi connectivity index (χ0) is 7.28. The molecule has 0 saturated heterocycles. The first-order valence-corrected chi connectivity index (χ1v) is 2.13. The van der Waals surface area contributed by atoms with Gasteiger partial charge in [0.25, 0.3) is 0 Å². The number of aliphatic carboxylic acids is 1. The zero-order valence-corrected chi connectivity index (χ0v) is 4.83. The highest BCUT2D eigenvalue weighted by Crippen LogP contribution is 1.64. The van der Waals surface area contributed by atoms with Crippen LogP contribution in [0.4, 0.5) is 0 Å². The van der Waals surface area contributed by atoms with Crippen molar-refractivity contribution in [1.29, 1.82) is 0 Å². The Morgan fingerprint density at radius 2 is 2.44 bits per heavy atom. The predicted octanol–water partition coefficient (Wildman–Crippen LogP) is -1.08. The van der Waals surface area contributed by atoms with Crippen LogP contribution in [0.25, 0.3) is 0 Å². The lowest BCUT2D eigenvalue weighted by Gasteiger charge is -1.86. The van der Waals surface area contributed by atoms with Crippen LogP contribution >= 0.6 is 0 Å². The quantitative estimate of drug-likeness (QED) is 0.479. The fraction of sp³-hybridized carbons (Fsp3) is 0.667. The van der Waals surface area contributed by atoms with Gasteiger partial charge in [0, 0.05) is 0 Å². The predicted molar refractivity (Wildman–Crippen MR) is 26.3 cm³/mol. The Balaban J connectivity index is 3.28. The van der Waals surface area contributed by atoms with Crippen molar-refractivity contribution < 1.29 is 19.8 Å². The highest BCUT2D eigenvalue weighted by atomic mass is 16.8. The number of nitrogens with one attached hydrogen (secondary N) is 1. The Morgan fingerprint density at radius 3 is 2.78 bits per heavy atom. The van der Waals surface area contributed by atoms with Crippen molar-refractivity contribution in [3.63, 3.8) is 0 Å². The minimum absolute atomic E-state index is 0.0336. The third kappa shape index (κ3) is 4.52. The van der Waals surface area contributed by atoms with E-state index in [0.717, 1.165) is 7.11 Å². The van der Waals surface area contributed by atoms with E-state index in [1.54, 1.807) is 0 Å². The normalized spacial score (nSPS) is 8.11. The molecule has 6 nitrogen and oxygen atoms in total. The minimum atomic E-state index is -1.12. The lowest BCUT2D eigenvalue weighted by Crippen LogP contribution is -2.30. The van der Waals surface area contributed by atoms with Crippen LogP contribution in [0.1, 0.15) is 0 Å². The van der Waals surface area contributed by atoms with Crippen LogP contribution in [0.5, 0.6) is 0 Å². The Labute approximate surface area is 50.9 Å². The average molecular weight is 135 g/mol. The average Bonchev–Trinajstić information content (AvgIpc) is 1.83. The Hall–Kier alpha value is -1.33. The number of hydrogen-bond donors (Lipinski definition) is 2.